The van der Waals surface area contributed by atoms with Crippen LogP contribution in [0.4, 0.5) is 0 Å². The number of Topliss-reactive ketones (excluding diaryl/α,β-unsaturated/α-hetero) is 1. The number of fused-ring (bicyclic) bond motifs is 1. The molecule has 1 heterocycles. The fourth-order valence-electron chi connectivity index (χ4n) is 1.36. The summed E-state index contributed by atoms with van der Waals surface area (Å²) in [5.41, 5.74) is 1.05. The minimum Gasteiger partial charge on any atom is -0.497 e. The van der Waals surface area contributed by atoms with Crippen molar-refractivity contribution in [3.05, 3.63) is 35.9 Å². The van der Waals surface area contributed by atoms with Gasteiger partial charge in [0.05, 0.1) is 12.7 Å². The second-order valence-electron chi connectivity index (χ2n) is 3.08. The third-order valence-electron chi connectivity index (χ3n) is 2.16. The Labute approximate surface area is 81.9 Å². The highest BCUT2D eigenvalue weighted by atomic mass is 16.5. The van der Waals surface area contributed by atoms with Crippen LogP contribution in [0.5, 0.6) is 11.5 Å². The van der Waals surface area contributed by atoms with Crippen molar-refractivity contribution in [2.45, 2.75) is 0 Å². The Hall–Kier alpha value is -1.77. The van der Waals surface area contributed by atoms with Crippen LogP contribution >= 0.6 is 0 Å². The second-order valence-corrected chi connectivity index (χ2v) is 3.08. The lowest BCUT2D eigenvalue weighted by Gasteiger charge is -2.18. The lowest BCUT2D eigenvalue weighted by molar-refractivity contribution is 0.1000. The van der Waals surface area contributed by atoms with Crippen molar-refractivity contribution < 1.29 is 14.3 Å². The molecule has 0 unspecified atom stereocenters. The van der Waals surface area contributed by atoms with Crippen LogP contribution in [0.15, 0.2) is 30.4 Å². The SMILES string of the molecule is C=C1COc2cc(OC)ccc2C1=O. The summed E-state index contributed by atoms with van der Waals surface area (Å²) in [6, 6.07) is 5.14. The molecule has 14 heavy (non-hydrogen) atoms. The summed E-state index contributed by atoms with van der Waals surface area (Å²) < 4.78 is 10.4. The molecule has 0 radical (unpaired) electrons. The van der Waals surface area contributed by atoms with Crippen LogP contribution in [0.1, 0.15) is 10.4 Å². The number of methoxy groups -OCH3 is 1. The minimum atomic E-state index is -0.0473. The van der Waals surface area contributed by atoms with Crippen molar-refractivity contribution in [2.75, 3.05) is 13.7 Å². The first-order valence-corrected chi connectivity index (χ1v) is 4.25. The minimum absolute atomic E-state index is 0.0473. The summed E-state index contributed by atoms with van der Waals surface area (Å²) in [4.78, 5) is 11.6. The van der Waals surface area contributed by atoms with Gasteiger partial charge < -0.3 is 9.47 Å². The summed E-state index contributed by atoms with van der Waals surface area (Å²) in [6.07, 6.45) is 0. The van der Waals surface area contributed by atoms with E-state index in [1.54, 1.807) is 25.3 Å². The highest BCUT2D eigenvalue weighted by molar-refractivity contribution is 6.11. The van der Waals surface area contributed by atoms with Gasteiger partial charge in [-0.1, -0.05) is 6.58 Å². The lowest BCUT2D eigenvalue weighted by Crippen LogP contribution is -2.18. The van der Waals surface area contributed by atoms with Crippen molar-refractivity contribution in [3.8, 4) is 11.5 Å². The van der Waals surface area contributed by atoms with Gasteiger partial charge in [0.15, 0.2) is 5.78 Å². The van der Waals surface area contributed by atoms with Crippen LogP contribution in [-0.2, 0) is 0 Å². The largest absolute Gasteiger partial charge is 0.497 e. The molecule has 0 aromatic heterocycles. The van der Waals surface area contributed by atoms with E-state index in [-0.39, 0.29) is 12.4 Å². The highest BCUT2D eigenvalue weighted by Gasteiger charge is 2.21. The number of ketones is 1. The normalized spacial score (nSPS) is 14.6. The molecule has 0 N–H and O–H groups in total. The zero-order valence-electron chi connectivity index (χ0n) is 7.87. The monoisotopic (exact) mass is 190 g/mol. The summed E-state index contributed by atoms with van der Waals surface area (Å²) in [7, 11) is 1.57. The maximum absolute atomic E-state index is 11.6. The summed E-state index contributed by atoms with van der Waals surface area (Å²) in [5.74, 6) is 1.21. The van der Waals surface area contributed by atoms with Gasteiger partial charge in [0.25, 0.3) is 0 Å². The predicted octanol–water partition coefficient (Wildman–Crippen LogP) is 1.83. The number of ether oxygens (including phenoxy) is 2. The maximum Gasteiger partial charge on any atom is 0.195 e. The molecule has 72 valence electrons. The average molecular weight is 190 g/mol. The molecule has 0 atom stereocenters. The Bertz CT molecular complexity index is 407. The van der Waals surface area contributed by atoms with E-state index in [1.165, 1.54) is 0 Å². The topological polar surface area (TPSA) is 35.5 Å². The number of rotatable bonds is 1. The van der Waals surface area contributed by atoms with E-state index in [0.29, 0.717) is 22.6 Å². The van der Waals surface area contributed by atoms with Gasteiger partial charge in [-0.3, -0.25) is 4.79 Å². The molecular weight excluding hydrogens is 180 g/mol. The van der Waals surface area contributed by atoms with Gasteiger partial charge in [-0.25, -0.2) is 0 Å². The smallest absolute Gasteiger partial charge is 0.195 e. The first-order valence-electron chi connectivity index (χ1n) is 4.25. The zero-order valence-corrected chi connectivity index (χ0v) is 7.87. The molecule has 1 aliphatic heterocycles. The zero-order chi connectivity index (χ0) is 10.1. The molecule has 0 saturated heterocycles. The van der Waals surface area contributed by atoms with Crippen molar-refractivity contribution >= 4 is 5.78 Å². The Morgan fingerprint density at radius 2 is 2.29 bits per heavy atom. The van der Waals surface area contributed by atoms with E-state index < -0.39 is 0 Å². The molecule has 3 heteroatoms. The highest BCUT2D eigenvalue weighted by Crippen LogP contribution is 2.30. The second kappa shape index (κ2) is 3.18. The first kappa shape index (κ1) is 8.81. The molecule has 3 nitrogen and oxygen atoms in total. The standard InChI is InChI=1S/C11H10O3/c1-7-6-14-10-5-8(13-2)3-4-9(10)11(7)12/h3-5H,1,6H2,2H3. The summed E-state index contributed by atoms with van der Waals surface area (Å²) in [6.45, 7) is 3.89. The van der Waals surface area contributed by atoms with Crippen LogP contribution in [0, 0.1) is 0 Å². The third-order valence-corrected chi connectivity index (χ3v) is 2.16. The van der Waals surface area contributed by atoms with Gasteiger partial charge in [0.1, 0.15) is 18.1 Å². The van der Waals surface area contributed by atoms with E-state index in [4.69, 9.17) is 9.47 Å². The average Bonchev–Trinajstić information content (AvgIpc) is 2.23. The molecule has 0 bridgehead atoms. The third kappa shape index (κ3) is 1.27. The Morgan fingerprint density at radius 1 is 1.50 bits per heavy atom. The van der Waals surface area contributed by atoms with Crippen molar-refractivity contribution in [3.63, 3.8) is 0 Å². The van der Waals surface area contributed by atoms with E-state index in [0.717, 1.165) is 0 Å². The molecule has 1 aromatic carbocycles. The molecule has 2 rings (SSSR count). The van der Waals surface area contributed by atoms with E-state index >= 15 is 0 Å². The number of hydrogen-bond donors (Lipinski definition) is 0. The van der Waals surface area contributed by atoms with Gasteiger partial charge in [-0.2, -0.15) is 0 Å². The molecule has 0 fully saturated rings. The van der Waals surface area contributed by atoms with Crippen LogP contribution < -0.4 is 9.47 Å². The molecule has 0 amide bonds. The van der Waals surface area contributed by atoms with E-state index in [1.807, 2.05) is 0 Å². The number of carbonyl (C=O) groups is 1. The Morgan fingerprint density at radius 3 is 3.00 bits per heavy atom. The van der Waals surface area contributed by atoms with E-state index in [2.05, 4.69) is 6.58 Å². The summed E-state index contributed by atoms with van der Waals surface area (Å²) in [5, 5.41) is 0. The van der Waals surface area contributed by atoms with Crippen LogP contribution in [0.25, 0.3) is 0 Å². The van der Waals surface area contributed by atoms with E-state index in [9.17, 15) is 4.79 Å². The lowest BCUT2D eigenvalue weighted by atomic mass is 10.0. The van der Waals surface area contributed by atoms with Crippen molar-refractivity contribution in [1.82, 2.24) is 0 Å². The molecule has 0 spiro atoms. The fourth-order valence-corrected chi connectivity index (χ4v) is 1.36. The quantitative estimate of drug-likeness (QED) is 0.634. The molecular formula is C11H10O3. The van der Waals surface area contributed by atoms with Gasteiger partial charge in [0, 0.05) is 11.6 Å². The summed E-state index contributed by atoms with van der Waals surface area (Å²) >= 11 is 0. The molecule has 1 aliphatic rings. The molecule has 1 aromatic rings. The number of benzene rings is 1. The van der Waals surface area contributed by atoms with Crippen molar-refractivity contribution in [1.29, 1.82) is 0 Å². The maximum atomic E-state index is 11.6. The predicted molar refractivity (Wildman–Crippen MR) is 52.0 cm³/mol. The number of hydrogen-bond acceptors (Lipinski definition) is 3. The Kier molecular flexibility index (Phi) is 2.00. The first-order chi connectivity index (χ1) is 6.72. The molecule has 0 aliphatic carbocycles. The van der Waals surface area contributed by atoms with Gasteiger partial charge in [-0.15, -0.1) is 0 Å². The fraction of sp³-hybridized carbons (Fsp3) is 0.182. The van der Waals surface area contributed by atoms with Crippen LogP contribution in [-0.4, -0.2) is 19.5 Å². The van der Waals surface area contributed by atoms with Gasteiger partial charge in [0.2, 0.25) is 0 Å². The van der Waals surface area contributed by atoms with Crippen molar-refractivity contribution in [2.24, 2.45) is 0 Å². The number of carbonyl (C=O) groups excluding carboxylic acids is 1. The van der Waals surface area contributed by atoms with Gasteiger partial charge >= 0.3 is 0 Å². The van der Waals surface area contributed by atoms with Gasteiger partial charge in [-0.05, 0) is 12.1 Å². The van der Waals surface area contributed by atoms with Crippen LogP contribution in [0.3, 0.4) is 0 Å². The molecule has 0 saturated carbocycles. The Balaban J connectivity index is 2.49. The van der Waals surface area contributed by atoms with Crippen LogP contribution in [0.2, 0.25) is 0 Å².